The van der Waals surface area contributed by atoms with Crippen LogP contribution in [0.3, 0.4) is 0 Å². The van der Waals surface area contributed by atoms with Crippen molar-refractivity contribution >= 4 is 11.6 Å². The summed E-state index contributed by atoms with van der Waals surface area (Å²) in [7, 11) is 0. The maximum absolute atomic E-state index is 10.2. The van der Waals surface area contributed by atoms with Gasteiger partial charge in [0, 0.05) is 0 Å². The molecule has 1 saturated carbocycles. The smallest absolute Gasteiger partial charge is 0.218 e. The van der Waals surface area contributed by atoms with E-state index in [1.165, 1.54) is 0 Å². The molecular weight excluding hydrogens is 108 g/mol. The molecule has 1 rings (SSSR count). The van der Waals surface area contributed by atoms with Gasteiger partial charge in [-0.05, 0) is 0 Å². The Hall–Kier alpha value is -0.740. The van der Waals surface area contributed by atoms with Crippen LogP contribution in [0.4, 0.5) is 0 Å². The number of ketones is 2. The molecule has 0 aliphatic heterocycles. The summed E-state index contributed by atoms with van der Waals surface area (Å²) in [6.07, 6.45) is 0. The van der Waals surface area contributed by atoms with Gasteiger partial charge >= 0.3 is 0 Å². The van der Waals surface area contributed by atoms with Crippen LogP contribution in [0.15, 0.2) is 0 Å². The van der Waals surface area contributed by atoms with Gasteiger partial charge in [0.2, 0.25) is 11.6 Å². The highest BCUT2D eigenvalue weighted by molar-refractivity contribution is 6.48. The van der Waals surface area contributed by atoms with Gasteiger partial charge in [0.25, 0.3) is 0 Å². The summed E-state index contributed by atoms with van der Waals surface area (Å²) in [6.45, 7) is 0. The summed E-state index contributed by atoms with van der Waals surface area (Å²) in [4.78, 5) is 20.4. The molecule has 2 unspecified atom stereocenters. The Morgan fingerprint density at radius 1 is 1.00 bits per heavy atom. The first-order chi connectivity index (χ1) is 3.64. The van der Waals surface area contributed by atoms with Crippen molar-refractivity contribution in [3.63, 3.8) is 0 Å². The SMILES string of the molecule is NC1C(=O)C(=O)C1N. The highest BCUT2D eigenvalue weighted by atomic mass is 16.2. The summed E-state index contributed by atoms with van der Waals surface area (Å²) < 4.78 is 0. The van der Waals surface area contributed by atoms with E-state index >= 15 is 0 Å². The van der Waals surface area contributed by atoms with Gasteiger partial charge in [-0.25, -0.2) is 0 Å². The fraction of sp³-hybridized carbons (Fsp3) is 0.500. The van der Waals surface area contributed by atoms with Crippen molar-refractivity contribution < 1.29 is 9.59 Å². The Bertz CT molecular complexity index is 136. The number of nitrogens with two attached hydrogens (primary N) is 2. The summed E-state index contributed by atoms with van der Waals surface area (Å²) >= 11 is 0. The monoisotopic (exact) mass is 114 g/mol. The standard InChI is InChI=1S/C4H6N2O2/c5-1-2(6)4(8)3(1)7/h1-2H,5-6H2. The second kappa shape index (κ2) is 1.37. The third-order valence-electron chi connectivity index (χ3n) is 1.24. The first-order valence-electron chi connectivity index (χ1n) is 2.24. The van der Waals surface area contributed by atoms with Gasteiger partial charge in [0.15, 0.2) is 0 Å². The van der Waals surface area contributed by atoms with Gasteiger partial charge in [0.05, 0.1) is 12.1 Å². The molecule has 0 bridgehead atoms. The van der Waals surface area contributed by atoms with Crippen molar-refractivity contribution in [2.24, 2.45) is 11.5 Å². The molecule has 2 atom stereocenters. The third kappa shape index (κ3) is 0.410. The number of hydrogen-bond donors (Lipinski definition) is 2. The number of carbonyl (C=O) groups is 2. The quantitative estimate of drug-likeness (QED) is 0.350. The van der Waals surface area contributed by atoms with E-state index in [4.69, 9.17) is 11.5 Å². The van der Waals surface area contributed by atoms with E-state index < -0.39 is 23.7 Å². The molecule has 0 aromatic rings. The lowest BCUT2D eigenvalue weighted by Crippen LogP contribution is -2.66. The van der Waals surface area contributed by atoms with Crippen LogP contribution in [0.2, 0.25) is 0 Å². The molecule has 0 aromatic heterocycles. The largest absolute Gasteiger partial charge is 0.319 e. The molecule has 1 aliphatic rings. The number of carbonyl (C=O) groups excluding carboxylic acids is 2. The summed E-state index contributed by atoms with van der Waals surface area (Å²) in [5.74, 6) is -1.09. The van der Waals surface area contributed by atoms with Crippen LogP contribution in [0.1, 0.15) is 0 Å². The van der Waals surface area contributed by atoms with E-state index in [1.807, 2.05) is 0 Å². The summed E-state index contributed by atoms with van der Waals surface area (Å²) in [6, 6.07) is -1.47. The molecule has 0 radical (unpaired) electrons. The van der Waals surface area contributed by atoms with E-state index in [0.717, 1.165) is 0 Å². The van der Waals surface area contributed by atoms with Crippen molar-refractivity contribution in [2.75, 3.05) is 0 Å². The fourth-order valence-electron chi connectivity index (χ4n) is 0.558. The van der Waals surface area contributed by atoms with Crippen molar-refractivity contribution in [2.45, 2.75) is 12.1 Å². The Labute approximate surface area is 45.8 Å². The lowest BCUT2D eigenvalue weighted by molar-refractivity contribution is -0.145. The topological polar surface area (TPSA) is 86.2 Å². The Balaban J connectivity index is 2.68. The first-order valence-corrected chi connectivity index (χ1v) is 2.24. The molecule has 1 aliphatic carbocycles. The molecule has 44 valence electrons. The van der Waals surface area contributed by atoms with Crippen LogP contribution in [0.5, 0.6) is 0 Å². The fourth-order valence-corrected chi connectivity index (χ4v) is 0.558. The predicted octanol–water partition coefficient (Wildman–Crippen LogP) is -2.21. The van der Waals surface area contributed by atoms with Crippen molar-refractivity contribution in [3.05, 3.63) is 0 Å². The maximum atomic E-state index is 10.2. The maximum Gasteiger partial charge on any atom is 0.218 e. The average molecular weight is 114 g/mol. The minimum absolute atomic E-state index is 0.544. The molecule has 4 N–H and O–H groups in total. The van der Waals surface area contributed by atoms with Gasteiger partial charge in [-0.15, -0.1) is 0 Å². The predicted molar refractivity (Wildman–Crippen MR) is 26.0 cm³/mol. The highest BCUT2D eigenvalue weighted by Crippen LogP contribution is 2.04. The molecule has 1 fully saturated rings. The molecule has 4 heteroatoms. The van der Waals surface area contributed by atoms with Crippen LogP contribution in [0.25, 0.3) is 0 Å². The Kier molecular flexibility index (Phi) is 0.922. The molecule has 8 heavy (non-hydrogen) atoms. The lowest BCUT2D eigenvalue weighted by atomic mass is 9.85. The molecule has 0 heterocycles. The third-order valence-corrected chi connectivity index (χ3v) is 1.24. The normalized spacial score (nSPS) is 37.2. The molecule has 4 nitrogen and oxygen atoms in total. The Morgan fingerprint density at radius 3 is 1.38 bits per heavy atom. The number of Topliss-reactive ketones (excluding diaryl/α,β-unsaturated/α-hetero) is 2. The van der Waals surface area contributed by atoms with Crippen LogP contribution in [-0.4, -0.2) is 23.7 Å². The second-order valence-electron chi connectivity index (χ2n) is 1.78. The second-order valence-corrected chi connectivity index (χ2v) is 1.78. The van der Waals surface area contributed by atoms with Crippen LogP contribution in [-0.2, 0) is 9.59 Å². The van der Waals surface area contributed by atoms with Gasteiger partial charge < -0.3 is 11.5 Å². The summed E-state index contributed by atoms with van der Waals surface area (Å²) in [5, 5.41) is 0. The van der Waals surface area contributed by atoms with E-state index in [0.29, 0.717) is 0 Å². The molecular formula is C4H6N2O2. The van der Waals surface area contributed by atoms with Gasteiger partial charge in [0.1, 0.15) is 0 Å². The molecule has 0 saturated heterocycles. The Morgan fingerprint density at radius 2 is 1.25 bits per heavy atom. The highest BCUT2D eigenvalue weighted by Gasteiger charge is 2.43. The van der Waals surface area contributed by atoms with E-state index in [-0.39, 0.29) is 0 Å². The number of rotatable bonds is 0. The number of hydrogen-bond acceptors (Lipinski definition) is 4. The first kappa shape index (κ1) is 5.40. The van der Waals surface area contributed by atoms with E-state index in [2.05, 4.69) is 0 Å². The van der Waals surface area contributed by atoms with E-state index in [1.54, 1.807) is 0 Å². The zero-order valence-electron chi connectivity index (χ0n) is 4.13. The van der Waals surface area contributed by atoms with Crippen molar-refractivity contribution in [3.8, 4) is 0 Å². The molecule has 0 aromatic carbocycles. The van der Waals surface area contributed by atoms with Crippen LogP contribution >= 0.6 is 0 Å². The zero-order chi connectivity index (χ0) is 6.31. The van der Waals surface area contributed by atoms with Gasteiger partial charge in [-0.3, -0.25) is 9.59 Å². The van der Waals surface area contributed by atoms with Crippen molar-refractivity contribution in [1.82, 2.24) is 0 Å². The zero-order valence-corrected chi connectivity index (χ0v) is 4.13. The summed E-state index contributed by atoms with van der Waals surface area (Å²) in [5.41, 5.74) is 10.1. The molecule has 0 amide bonds. The van der Waals surface area contributed by atoms with Gasteiger partial charge in [-0.2, -0.15) is 0 Å². The lowest BCUT2D eigenvalue weighted by Gasteiger charge is -2.25. The van der Waals surface area contributed by atoms with E-state index in [9.17, 15) is 9.59 Å². The minimum atomic E-state index is -0.734. The average Bonchev–Trinajstić information content (AvgIpc) is 1.83. The minimum Gasteiger partial charge on any atom is -0.319 e. The van der Waals surface area contributed by atoms with Crippen molar-refractivity contribution in [1.29, 1.82) is 0 Å². The van der Waals surface area contributed by atoms with Crippen LogP contribution in [0, 0.1) is 0 Å². The molecule has 0 spiro atoms. The van der Waals surface area contributed by atoms with Gasteiger partial charge in [-0.1, -0.05) is 0 Å². The van der Waals surface area contributed by atoms with Crippen LogP contribution < -0.4 is 11.5 Å².